The van der Waals surface area contributed by atoms with Crippen LogP contribution in [0.3, 0.4) is 0 Å². The second-order valence-corrected chi connectivity index (χ2v) is 5.85. The van der Waals surface area contributed by atoms with Gasteiger partial charge in [-0.3, -0.25) is 4.79 Å². The minimum absolute atomic E-state index is 0.0115. The summed E-state index contributed by atoms with van der Waals surface area (Å²) in [6, 6.07) is 7.29. The maximum Gasteiger partial charge on any atom is 0.230 e. The average molecular weight is 298 g/mol. The molecule has 0 bridgehead atoms. The Morgan fingerprint density at radius 3 is 2.65 bits per heavy atom. The predicted octanol–water partition coefficient (Wildman–Crippen LogP) is 1.36. The van der Waals surface area contributed by atoms with Gasteiger partial charge in [0.25, 0.3) is 0 Å². The Morgan fingerprint density at radius 2 is 2.00 bits per heavy atom. The Hall–Kier alpha value is -1.10. The van der Waals surface area contributed by atoms with Gasteiger partial charge in [-0.2, -0.15) is 0 Å². The van der Waals surface area contributed by atoms with Gasteiger partial charge in [-0.1, -0.05) is 23.7 Å². The lowest BCUT2D eigenvalue weighted by Crippen LogP contribution is -3.15. The van der Waals surface area contributed by atoms with E-state index in [4.69, 9.17) is 16.3 Å². The molecule has 1 aromatic carbocycles. The summed E-state index contributed by atoms with van der Waals surface area (Å²) in [6.45, 7) is 6.92. The predicted molar refractivity (Wildman–Crippen MR) is 80.3 cm³/mol. The Bertz CT molecular complexity index is 457. The van der Waals surface area contributed by atoms with Crippen molar-refractivity contribution >= 4 is 23.2 Å². The van der Waals surface area contributed by atoms with Gasteiger partial charge in [0.15, 0.2) is 0 Å². The molecule has 0 aliphatic carbocycles. The van der Waals surface area contributed by atoms with Gasteiger partial charge in [-0.25, -0.2) is 0 Å². The molecule has 0 aromatic heterocycles. The highest BCUT2D eigenvalue weighted by Gasteiger charge is 2.25. The summed E-state index contributed by atoms with van der Waals surface area (Å²) in [4.78, 5) is 13.4. The number of quaternary nitrogens is 1. The zero-order valence-electron chi connectivity index (χ0n) is 12.0. The number of para-hydroxylation sites is 1. The van der Waals surface area contributed by atoms with E-state index in [0.29, 0.717) is 17.1 Å². The van der Waals surface area contributed by atoms with E-state index in [1.165, 1.54) is 4.90 Å². The van der Waals surface area contributed by atoms with Crippen molar-refractivity contribution in [2.24, 2.45) is 0 Å². The molecule has 2 rings (SSSR count). The van der Waals surface area contributed by atoms with Gasteiger partial charge in [0.05, 0.1) is 23.7 Å². The molecule has 110 valence electrons. The van der Waals surface area contributed by atoms with Gasteiger partial charge >= 0.3 is 0 Å². The van der Waals surface area contributed by atoms with E-state index in [0.717, 1.165) is 19.6 Å². The zero-order valence-corrected chi connectivity index (χ0v) is 12.7. The van der Waals surface area contributed by atoms with Gasteiger partial charge in [0.2, 0.25) is 5.91 Å². The van der Waals surface area contributed by atoms with Crippen LogP contribution >= 0.6 is 11.6 Å². The molecule has 1 amide bonds. The maximum absolute atomic E-state index is 12.0. The van der Waals surface area contributed by atoms with Crippen LogP contribution in [-0.4, -0.2) is 37.7 Å². The van der Waals surface area contributed by atoms with Crippen molar-refractivity contribution in [2.45, 2.75) is 32.5 Å². The standard InChI is InChI=1S/C15H21ClN2O2/c1-11-9-18(10-12(2)20-11)8-7-15(19)17-14-6-4-3-5-13(14)16/h3-6,11-12H,7-10H2,1-2H3,(H,17,19)/p+1/t11-,12-/m1/s1. The van der Waals surface area contributed by atoms with Crippen LogP contribution in [0.2, 0.25) is 5.02 Å². The van der Waals surface area contributed by atoms with Crippen molar-refractivity contribution in [2.75, 3.05) is 25.0 Å². The molecule has 20 heavy (non-hydrogen) atoms. The second kappa shape index (κ2) is 7.07. The van der Waals surface area contributed by atoms with E-state index in [1.54, 1.807) is 6.07 Å². The largest absolute Gasteiger partial charge is 0.364 e. The summed E-state index contributed by atoms with van der Waals surface area (Å²) < 4.78 is 5.70. The van der Waals surface area contributed by atoms with E-state index in [2.05, 4.69) is 19.2 Å². The molecule has 2 N–H and O–H groups in total. The van der Waals surface area contributed by atoms with Crippen molar-refractivity contribution in [1.29, 1.82) is 0 Å². The third kappa shape index (κ3) is 4.47. The fourth-order valence-electron chi connectivity index (χ4n) is 2.66. The first-order valence-electron chi connectivity index (χ1n) is 7.08. The summed E-state index contributed by atoms with van der Waals surface area (Å²) in [6.07, 6.45) is 1.03. The first-order chi connectivity index (χ1) is 9.54. The van der Waals surface area contributed by atoms with E-state index in [1.807, 2.05) is 18.2 Å². The number of carbonyl (C=O) groups is 1. The molecule has 1 aliphatic rings. The Balaban J connectivity index is 1.79. The van der Waals surface area contributed by atoms with E-state index >= 15 is 0 Å². The molecule has 1 heterocycles. The minimum atomic E-state index is 0.0115. The molecule has 1 fully saturated rings. The molecule has 1 saturated heterocycles. The summed E-state index contributed by atoms with van der Waals surface area (Å²) in [5.74, 6) is 0.0115. The summed E-state index contributed by atoms with van der Waals surface area (Å²) >= 11 is 6.02. The van der Waals surface area contributed by atoms with Crippen LogP contribution in [0.4, 0.5) is 5.69 Å². The number of morpholine rings is 1. The van der Waals surface area contributed by atoms with Crippen LogP contribution in [0.1, 0.15) is 20.3 Å². The van der Waals surface area contributed by atoms with Gasteiger partial charge in [0.1, 0.15) is 25.3 Å². The lowest BCUT2D eigenvalue weighted by molar-refractivity contribution is -0.914. The molecule has 1 aliphatic heterocycles. The van der Waals surface area contributed by atoms with E-state index < -0.39 is 0 Å². The average Bonchev–Trinajstić information content (AvgIpc) is 2.38. The molecule has 5 heteroatoms. The highest BCUT2D eigenvalue weighted by molar-refractivity contribution is 6.33. The van der Waals surface area contributed by atoms with Crippen LogP contribution in [0.15, 0.2) is 24.3 Å². The normalized spacial score (nSPS) is 26.2. The van der Waals surface area contributed by atoms with Crippen molar-refractivity contribution in [3.63, 3.8) is 0 Å². The topological polar surface area (TPSA) is 42.8 Å². The smallest absolute Gasteiger partial charge is 0.230 e. The number of hydrogen-bond donors (Lipinski definition) is 2. The van der Waals surface area contributed by atoms with Crippen LogP contribution in [0, 0.1) is 0 Å². The third-order valence-electron chi connectivity index (χ3n) is 3.47. The molecule has 1 aromatic rings. The summed E-state index contributed by atoms with van der Waals surface area (Å²) in [7, 11) is 0. The van der Waals surface area contributed by atoms with Crippen molar-refractivity contribution in [1.82, 2.24) is 0 Å². The van der Waals surface area contributed by atoms with Crippen LogP contribution in [0.5, 0.6) is 0 Å². The fraction of sp³-hybridized carbons (Fsp3) is 0.533. The van der Waals surface area contributed by atoms with Crippen LogP contribution in [0.25, 0.3) is 0 Å². The first kappa shape index (κ1) is 15.3. The second-order valence-electron chi connectivity index (χ2n) is 5.44. The molecule has 0 radical (unpaired) electrons. The highest BCUT2D eigenvalue weighted by atomic mass is 35.5. The number of hydrogen-bond acceptors (Lipinski definition) is 2. The number of nitrogens with one attached hydrogen (secondary N) is 2. The van der Waals surface area contributed by atoms with Crippen molar-refractivity contribution < 1.29 is 14.4 Å². The van der Waals surface area contributed by atoms with E-state index in [-0.39, 0.29) is 18.1 Å². The van der Waals surface area contributed by atoms with Crippen molar-refractivity contribution in [3.05, 3.63) is 29.3 Å². The zero-order chi connectivity index (χ0) is 14.5. The van der Waals surface area contributed by atoms with E-state index in [9.17, 15) is 4.79 Å². The number of carbonyl (C=O) groups excluding carboxylic acids is 1. The highest BCUT2D eigenvalue weighted by Crippen LogP contribution is 2.20. The Morgan fingerprint density at radius 1 is 1.35 bits per heavy atom. The third-order valence-corrected chi connectivity index (χ3v) is 3.80. The van der Waals surface area contributed by atoms with Gasteiger partial charge in [-0.15, -0.1) is 0 Å². The number of halogens is 1. The molecular formula is C15H22ClN2O2+. The Kier molecular flexibility index (Phi) is 5.40. The minimum Gasteiger partial charge on any atom is -0.364 e. The quantitative estimate of drug-likeness (QED) is 0.881. The Labute approximate surface area is 125 Å². The molecular weight excluding hydrogens is 276 g/mol. The van der Waals surface area contributed by atoms with Crippen LogP contribution in [-0.2, 0) is 9.53 Å². The number of anilines is 1. The first-order valence-corrected chi connectivity index (χ1v) is 7.46. The molecule has 4 nitrogen and oxygen atoms in total. The fourth-order valence-corrected chi connectivity index (χ4v) is 2.84. The van der Waals surface area contributed by atoms with Crippen molar-refractivity contribution in [3.8, 4) is 0 Å². The number of benzene rings is 1. The van der Waals surface area contributed by atoms with Gasteiger partial charge in [0, 0.05) is 0 Å². The van der Waals surface area contributed by atoms with Gasteiger partial charge in [-0.05, 0) is 26.0 Å². The number of ether oxygens (including phenoxy) is 1. The number of amides is 1. The molecule has 2 atom stereocenters. The summed E-state index contributed by atoms with van der Waals surface area (Å²) in [5.41, 5.74) is 0.679. The van der Waals surface area contributed by atoms with Crippen LogP contribution < -0.4 is 10.2 Å². The lowest BCUT2D eigenvalue weighted by Gasteiger charge is -2.32. The molecule has 0 unspecified atom stereocenters. The molecule has 0 spiro atoms. The number of rotatable bonds is 4. The monoisotopic (exact) mass is 297 g/mol. The molecule has 0 saturated carbocycles. The maximum atomic E-state index is 12.0. The SMILES string of the molecule is C[C@@H]1C[NH+](CCC(=O)Nc2ccccc2Cl)C[C@@H](C)O1. The van der Waals surface area contributed by atoms with Gasteiger partial charge < -0.3 is 15.0 Å². The lowest BCUT2D eigenvalue weighted by atomic mass is 10.2. The summed E-state index contributed by atoms with van der Waals surface area (Å²) in [5, 5.41) is 3.43.